The molecule has 94 valence electrons. The summed E-state index contributed by atoms with van der Waals surface area (Å²) in [5, 5.41) is 4.33. The summed E-state index contributed by atoms with van der Waals surface area (Å²) in [5.41, 5.74) is 1.11. The van der Waals surface area contributed by atoms with Crippen LogP contribution in [0.5, 0.6) is 0 Å². The van der Waals surface area contributed by atoms with E-state index >= 15 is 0 Å². The molecule has 1 heterocycles. The van der Waals surface area contributed by atoms with Gasteiger partial charge in [-0.05, 0) is 49.6 Å². The Morgan fingerprint density at radius 3 is 2.78 bits per heavy atom. The van der Waals surface area contributed by atoms with E-state index in [1.54, 1.807) is 11.3 Å². The zero-order chi connectivity index (χ0) is 12.7. The van der Waals surface area contributed by atoms with Crippen LogP contribution < -0.4 is 5.32 Å². The van der Waals surface area contributed by atoms with Gasteiger partial charge in [-0.15, -0.1) is 11.3 Å². The summed E-state index contributed by atoms with van der Waals surface area (Å²) in [4.78, 5) is 13.1. The number of thiophene rings is 1. The molecule has 1 aliphatic rings. The number of fused-ring (bicyclic) bond motifs is 1. The van der Waals surface area contributed by atoms with Gasteiger partial charge in [-0.25, -0.2) is 0 Å². The molecule has 1 unspecified atom stereocenters. The Morgan fingerprint density at radius 2 is 2.11 bits per heavy atom. The summed E-state index contributed by atoms with van der Waals surface area (Å²) in [6.07, 6.45) is 2.51. The molecular formula is C15H17NOS. The van der Waals surface area contributed by atoms with Crippen molar-refractivity contribution in [3.05, 3.63) is 34.7 Å². The molecule has 3 heteroatoms. The first-order valence-electron chi connectivity index (χ1n) is 6.46. The predicted octanol–water partition coefficient (Wildman–Crippen LogP) is 3.74. The van der Waals surface area contributed by atoms with Gasteiger partial charge in [-0.2, -0.15) is 0 Å². The van der Waals surface area contributed by atoms with Crippen molar-refractivity contribution in [1.82, 2.24) is 5.32 Å². The fourth-order valence-electron chi connectivity index (χ4n) is 2.38. The molecule has 1 N–H and O–H groups in total. The van der Waals surface area contributed by atoms with E-state index < -0.39 is 0 Å². The molecule has 0 radical (unpaired) electrons. The van der Waals surface area contributed by atoms with Gasteiger partial charge in [0.05, 0.1) is 4.88 Å². The van der Waals surface area contributed by atoms with E-state index in [0.29, 0.717) is 12.0 Å². The molecule has 0 spiro atoms. The van der Waals surface area contributed by atoms with E-state index in [-0.39, 0.29) is 5.91 Å². The number of carbonyl (C=O) groups is 1. The van der Waals surface area contributed by atoms with Crippen molar-refractivity contribution in [3.63, 3.8) is 0 Å². The lowest BCUT2D eigenvalue weighted by Crippen LogP contribution is -2.33. The Bertz CT molecular complexity index is 598. The van der Waals surface area contributed by atoms with Gasteiger partial charge in [-0.1, -0.05) is 18.2 Å². The lowest BCUT2D eigenvalue weighted by atomic mass is 10.1. The molecule has 1 saturated carbocycles. The van der Waals surface area contributed by atoms with Crippen LogP contribution in [-0.4, -0.2) is 11.9 Å². The van der Waals surface area contributed by atoms with E-state index in [2.05, 4.69) is 24.4 Å². The van der Waals surface area contributed by atoms with E-state index in [4.69, 9.17) is 0 Å². The van der Waals surface area contributed by atoms with Crippen LogP contribution in [0.25, 0.3) is 10.1 Å². The van der Waals surface area contributed by atoms with E-state index in [9.17, 15) is 4.79 Å². The first-order valence-corrected chi connectivity index (χ1v) is 7.27. The number of amides is 1. The second kappa shape index (κ2) is 4.39. The largest absolute Gasteiger partial charge is 0.349 e. The number of hydrogen-bond donors (Lipinski definition) is 1. The van der Waals surface area contributed by atoms with Gasteiger partial charge >= 0.3 is 0 Å². The van der Waals surface area contributed by atoms with Crippen molar-refractivity contribution < 1.29 is 4.79 Å². The number of hydrogen-bond acceptors (Lipinski definition) is 2. The van der Waals surface area contributed by atoms with E-state index in [1.165, 1.54) is 22.9 Å². The molecule has 1 atom stereocenters. The topological polar surface area (TPSA) is 29.1 Å². The highest BCUT2D eigenvalue weighted by atomic mass is 32.1. The second-order valence-corrected chi connectivity index (χ2v) is 6.20. The van der Waals surface area contributed by atoms with Crippen LogP contribution in [0.2, 0.25) is 0 Å². The lowest BCUT2D eigenvalue weighted by Gasteiger charge is -2.12. The Labute approximate surface area is 111 Å². The van der Waals surface area contributed by atoms with Crippen LogP contribution in [0.1, 0.15) is 35.0 Å². The second-order valence-electron chi connectivity index (χ2n) is 5.15. The molecule has 0 saturated heterocycles. The molecule has 18 heavy (non-hydrogen) atoms. The van der Waals surface area contributed by atoms with Crippen LogP contribution >= 0.6 is 11.3 Å². The highest BCUT2D eigenvalue weighted by molar-refractivity contribution is 7.21. The maximum absolute atomic E-state index is 12.3. The molecule has 1 aromatic heterocycles. The van der Waals surface area contributed by atoms with Gasteiger partial charge < -0.3 is 5.32 Å². The zero-order valence-electron chi connectivity index (χ0n) is 10.7. The molecule has 0 aliphatic heterocycles. The molecule has 1 amide bonds. The quantitative estimate of drug-likeness (QED) is 0.894. The lowest BCUT2D eigenvalue weighted by molar-refractivity contribution is 0.0939. The molecule has 0 bridgehead atoms. The third-order valence-electron chi connectivity index (χ3n) is 3.74. The number of rotatable bonds is 3. The average molecular weight is 259 g/mol. The van der Waals surface area contributed by atoms with Crippen LogP contribution in [0.3, 0.4) is 0 Å². The summed E-state index contributed by atoms with van der Waals surface area (Å²) in [7, 11) is 0. The fraction of sp³-hybridized carbons (Fsp3) is 0.400. The van der Waals surface area contributed by atoms with Crippen molar-refractivity contribution in [2.24, 2.45) is 5.92 Å². The van der Waals surface area contributed by atoms with Gasteiger partial charge in [0, 0.05) is 10.7 Å². The van der Waals surface area contributed by atoms with Crippen molar-refractivity contribution in [3.8, 4) is 0 Å². The third kappa shape index (κ3) is 2.03. The van der Waals surface area contributed by atoms with Gasteiger partial charge in [-0.3, -0.25) is 4.79 Å². The van der Waals surface area contributed by atoms with Gasteiger partial charge in [0.2, 0.25) is 0 Å². The molecular weight excluding hydrogens is 242 g/mol. The van der Waals surface area contributed by atoms with E-state index in [0.717, 1.165) is 10.4 Å². The average Bonchev–Trinajstić information content (AvgIpc) is 3.15. The minimum atomic E-state index is 0.0908. The Hall–Kier alpha value is -1.35. The van der Waals surface area contributed by atoms with Crippen LogP contribution in [-0.2, 0) is 0 Å². The Morgan fingerprint density at radius 1 is 1.39 bits per heavy atom. The molecule has 2 aromatic rings. The zero-order valence-corrected chi connectivity index (χ0v) is 11.5. The number of aryl methyl sites for hydroxylation is 1. The number of benzene rings is 1. The number of carbonyl (C=O) groups excluding carboxylic acids is 1. The van der Waals surface area contributed by atoms with Crippen molar-refractivity contribution >= 4 is 27.3 Å². The summed E-state index contributed by atoms with van der Waals surface area (Å²) < 4.78 is 1.19. The Balaban J connectivity index is 1.88. The summed E-state index contributed by atoms with van der Waals surface area (Å²) in [6, 6.07) is 8.52. The minimum absolute atomic E-state index is 0.0908. The minimum Gasteiger partial charge on any atom is -0.349 e. The van der Waals surface area contributed by atoms with Crippen LogP contribution in [0, 0.1) is 12.8 Å². The molecule has 1 aromatic carbocycles. The van der Waals surface area contributed by atoms with Gasteiger partial charge in [0.25, 0.3) is 5.91 Å². The SMILES string of the molecule is Cc1c(C(=O)NC(C)C2CC2)sc2ccccc12. The highest BCUT2D eigenvalue weighted by Crippen LogP contribution is 2.34. The summed E-state index contributed by atoms with van der Waals surface area (Å²) in [6.45, 7) is 4.15. The first kappa shape index (κ1) is 11.7. The molecule has 3 rings (SSSR count). The van der Waals surface area contributed by atoms with Crippen molar-refractivity contribution in [1.29, 1.82) is 0 Å². The van der Waals surface area contributed by atoms with Crippen molar-refractivity contribution in [2.75, 3.05) is 0 Å². The van der Waals surface area contributed by atoms with Gasteiger partial charge in [0.15, 0.2) is 0 Å². The summed E-state index contributed by atoms with van der Waals surface area (Å²) >= 11 is 1.59. The van der Waals surface area contributed by atoms with Gasteiger partial charge in [0.1, 0.15) is 0 Å². The Kier molecular flexibility index (Phi) is 2.86. The van der Waals surface area contributed by atoms with E-state index in [1.807, 2.05) is 19.1 Å². The van der Waals surface area contributed by atoms with Crippen LogP contribution in [0.4, 0.5) is 0 Å². The standard InChI is InChI=1S/C15H17NOS/c1-9-12-5-3-4-6-13(12)18-14(9)15(17)16-10(2)11-7-8-11/h3-6,10-11H,7-8H2,1-2H3,(H,16,17). The third-order valence-corrected chi connectivity index (χ3v) is 5.01. The molecule has 1 fully saturated rings. The monoisotopic (exact) mass is 259 g/mol. The smallest absolute Gasteiger partial charge is 0.261 e. The maximum Gasteiger partial charge on any atom is 0.261 e. The highest BCUT2D eigenvalue weighted by Gasteiger charge is 2.29. The van der Waals surface area contributed by atoms with Crippen molar-refractivity contribution in [2.45, 2.75) is 32.7 Å². The molecule has 2 nitrogen and oxygen atoms in total. The maximum atomic E-state index is 12.3. The van der Waals surface area contributed by atoms with Crippen LogP contribution in [0.15, 0.2) is 24.3 Å². The molecule has 1 aliphatic carbocycles. The summed E-state index contributed by atoms with van der Waals surface area (Å²) in [5.74, 6) is 0.789. The number of nitrogens with one attached hydrogen (secondary N) is 1. The fourth-order valence-corrected chi connectivity index (χ4v) is 3.49. The predicted molar refractivity (Wildman–Crippen MR) is 76.2 cm³/mol. The first-order chi connectivity index (χ1) is 8.66. The normalized spacial score (nSPS) is 16.8.